The van der Waals surface area contributed by atoms with E-state index in [2.05, 4.69) is 0 Å². The summed E-state index contributed by atoms with van der Waals surface area (Å²) in [6.07, 6.45) is 0. The Morgan fingerprint density at radius 1 is 2.00 bits per heavy atom. The van der Waals surface area contributed by atoms with E-state index in [4.69, 9.17) is 9.90 Å². The highest BCUT2D eigenvalue weighted by atomic mass is 22.4. The van der Waals surface area contributed by atoms with Crippen LogP contribution >= 0.6 is 0 Å². The van der Waals surface area contributed by atoms with E-state index in [0.29, 0.717) is 0 Å². The fourth-order valence-electron chi connectivity index (χ4n) is 0. The van der Waals surface area contributed by atoms with Crippen LogP contribution in [0.1, 0.15) is 6.92 Å². The summed E-state index contributed by atoms with van der Waals surface area (Å²) in [4.78, 5) is 9.00. The maximum Gasteiger partial charge on any atom is 0.300 e. The predicted molar refractivity (Wildman–Crippen MR) is 13.3 cm³/mol. The molecule has 0 unspecified atom stereocenters. The highest BCUT2D eigenvalue weighted by molar-refractivity contribution is 5.62. The summed E-state index contributed by atoms with van der Waals surface area (Å²) in [5.74, 6) is -0.833. The molecular formula is C2H4O2. The number of carbonyl (C=O) groups is 1. The van der Waals surface area contributed by atoms with Gasteiger partial charge < -0.3 is 5.11 Å². The lowest BCUT2D eigenvalue weighted by atomic mass is 11.9. The van der Waals surface area contributed by atoms with E-state index in [0.717, 1.165) is 6.92 Å². The van der Waals surface area contributed by atoms with Gasteiger partial charge in [0.05, 0.1) is 0 Å². The minimum atomic E-state index is -0.833. The molecule has 1 N–H and O–H groups in total. The number of aliphatic carboxylic acids is 1. The lowest BCUT2D eigenvalue weighted by Crippen LogP contribution is -1.78. The van der Waals surface area contributed by atoms with Gasteiger partial charge in [-0.3, -0.25) is 4.79 Å². The Hall–Kier alpha value is -0.530. The standard InChI is InChI=1S/C2H4O2/c1-2(3)4/h1H3,(H,3,4)/i2+10. The van der Waals surface area contributed by atoms with Crippen molar-refractivity contribution in [2.24, 2.45) is 0 Å². The Kier molecular flexibility index (Phi) is 0.759. The van der Waals surface area contributed by atoms with Crippen molar-refractivity contribution in [2.45, 2.75) is 6.92 Å². The van der Waals surface area contributed by atoms with Gasteiger partial charge in [0.1, 0.15) is 0 Å². The summed E-state index contributed by atoms with van der Waals surface area (Å²) in [6.45, 7) is 1.08. The minimum Gasteiger partial charge on any atom is -0.481 e. The molecule has 2 nitrogen and oxygen atoms in total. The number of carboxylic acid groups (broad SMARTS) is 1. The molecule has 0 aromatic rings. The van der Waals surface area contributed by atoms with Gasteiger partial charge >= 0.3 is 0 Å². The number of carboxylic acids is 1. The van der Waals surface area contributed by atoms with Crippen molar-refractivity contribution in [1.29, 1.82) is 0 Å². The summed E-state index contributed by atoms with van der Waals surface area (Å²) in [7, 11) is 0. The van der Waals surface area contributed by atoms with Crippen LogP contribution in [0.2, 0.25) is 0 Å². The SMILES string of the molecule is C[22C](=O)O. The van der Waals surface area contributed by atoms with Crippen LogP contribution in [0.15, 0.2) is 0 Å². The van der Waals surface area contributed by atoms with E-state index < -0.39 is 5.97 Å². The predicted octanol–water partition coefficient (Wildman–Crippen LogP) is 0.0909. The molecule has 0 saturated carbocycles. The summed E-state index contributed by atoms with van der Waals surface area (Å²) >= 11 is 0. The summed E-state index contributed by atoms with van der Waals surface area (Å²) in [5.41, 5.74) is 0. The number of hydrogen-bond donors (Lipinski definition) is 1. The van der Waals surface area contributed by atoms with E-state index in [1.54, 1.807) is 0 Å². The van der Waals surface area contributed by atoms with Gasteiger partial charge in [-0.2, -0.15) is 0 Å². The molecule has 0 aliphatic rings. The van der Waals surface area contributed by atoms with Crippen LogP contribution in [0.25, 0.3) is 0 Å². The topological polar surface area (TPSA) is 37.3 Å². The average Bonchev–Trinajstić information content (AvgIpc) is 0.811. The van der Waals surface area contributed by atoms with Gasteiger partial charge in [-0.15, -0.1) is 0 Å². The molecule has 0 amide bonds. The van der Waals surface area contributed by atoms with Crippen LogP contribution < -0.4 is 0 Å². The van der Waals surface area contributed by atoms with Gasteiger partial charge in [-0.25, -0.2) is 0 Å². The Morgan fingerprint density at radius 2 is 2.00 bits per heavy atom. The van der Waals surface area contributed by atoms with Gasteiger partial charge in [0, 0.05) is 6.92 Å². The van der Waals surface area contributed by atoms with Crippen molar-refractivity contribution in [1.82, 2.24) is 0 Å². The van der Waals surface area contributed by atoms with Crippen LogP contribution in [0.3, 0.4) is 0 Å². The van der Waals surface area contributed by atoms with Crippen LogP contribution in [-0.4, -0.2) is 11.1 Å². The zero-order chi connectivity index (χ0) is 3.58. The number of hydrogen-bond acceptors (Lipinski definition) is 1. The second-order valence-electron chi connectivity index (χ2n) is 0.519. The van der Waals surface area contributed by atoms with Crippen LogP contribution in [-0.2, 0) is 4.79 Å². The molecule has 24 valence electrons. The fraction of sp³-hybridized carbons (Fsp3) is 0.500. The third-order valence-electron chi connectivity index (χ3n) is 0. The van der Waals surface area contributed by atoms with Crippen molar-refractivity contribution in [3.63, 3.8) is 0 Å². The molecule has 0 heterocycles. The van der Waals surface area contributed by atoms with Crippen LogP contribution in [0.5, 0.6) is 0 Å². The van der Waals surface area contributed by atoms with E-state index in [-0.39, 0.29) is 0 Å². The van der Waals surface area contributed by atoms with E-state index in [1.165, 1.54) is 0 Å². The summed E-state index contributed by atoms with van der Waals surface area (Å²) in [5, 5.41) is 7.42. The Morgan fingerprint density at radius 3 is 2.00 bits per heavy atom. The van der Waals surface area contributed by atoms with E-state index in [9.17, 15) is 0 Å². The monoisotopic (exact) mass is 70.1 g/mol. The summed E-state index contributed by atoms with van der Waals surface area (Å²) in [6, 6.07) is 0. The molecule has 0 aromatic carbocycles. The maximum absolute atomic E-state index is 9.00. The van der Waals surface area contributed by atoms with Crippen molar-refractivity contribution in [3.8, 4) is 0 Å². The Bertz CT molecular complexity index is 27.0. The van der Waals surface area contributed by atoms with Crippen molar-refractivity contribution >= 4 is 5.97 Å². The molecule has 0 aromatic heterocycles. The molecule has 0 radical (unpaired) electrons. The average molecular weight is 70.1 g/mol. The highest BCUT2D eigenvalue weighted by Crippen LogP contribution is 1.42. The maximum atomic E-state index is 9.00. The fourth-order valence-corrected chi connectivity index (χ4v) is 0. The second-order valence-corrected chi connectivity index (χ2v) is 0.519. The molecular weight excluding hydrogens is 66.1 g/mol. The highest BCUT2D eigenvalue weighted by Gasteiger charge is 1.65. The Balaban J connectivity index is 2.80. The minimum absolute atomic E-state index is 0.833. The lowest BCUT2D eigenvalue weighted by molar-refractivity contribution is -0.134. The molecule has 0 bridgehead atoms. The zero-order valence-corrected chi connectivity index (χ0v) is 2.36. The molecule has 0 fully saturated rings. The van der Waals surface area contributed by atoms with Crippen molar-refractivity contribution in [2.75, 3.05) is 0 Å². The molecule has 2 heteroatoms. The molecule has 0 aliphatic heterocycles. The first kappa shape index (κ1) is 3.47. The van der Waals surface area contributed by atoms with Crippen LogP contribution in [0.4, 0.5) is 0 Å². The van der Waals surface area contributed by atoms with Gasteiger partial charge in [0.2, 0.25) is 0 Å². The van der Waals surface area contributed by atoms with Crippen molar-refractivity contribution < 1.29 is 9.90 Å². The van der Waals surface area contributed by atoms with Gasteiger partial charge in [-0.1, -0.05) is 0 Å². The third kappa shape index (κ3) is 1.16. The lowest BCUT2D eigenvalue weighted by Gasteiger charge is -1.59. The quantitative estimate of drug-likeness (QED) is 0.438. The molecule has 0 aliphatic carbocycles. The second kappa shape index (κ2) is 0.875. The van der Waals surface area contributed by atoms with Gasteiger partial charge in [0.25, 0.3) is 5.97 Å². The molecule has 4 heavy (non-hydrogen) atoms. The van der Waals surface area contributed by atoms with E-state index >= 15 is 0 Å². The van der Waals surface area contributed by atoms with E-state index in [1.807, 2.05) is 0 Å². The molecule has 0 rings (SSSR count). The molecule has 0 saturated heterocycles. The number of rotatable bonds is 0. The first-order valence-corrected chi connectivity index (χ1v) is 0.928. The van der Waals surface area contributed by atoms with Crippen LogP contribution in [0, 0.1) is 0 Å². The zero-order valence-electron chi connectivity index (χ0n) is 2.36. The van der Waals surface area contributed by atoms with Gasteiger partial charge in [-0.05, 0) is 0 Å². The first-order chi connectivity index (χ1) is 1.73. The molecule has 0 spiro atoms. The third-order valence-corrected chi connectivity index (χ3v) is 0. The van der Waals surface area contributed by atoms with Crippen molar-refractivity contribution in [3.05, 3.63) is 0 Å². The normalized spacial score (nSPS) is 6.25. The Labute approximate surface area is 24.1 Å². The first-order valence-electron chi connectivity index (χ1n) is 0.928. The molecule has 0 atom stereocenters. The largest absolute Gasteiger partial charge is 0.481 e. The smallest absolute Gasteiger partial charge is 0.300 e. The van der Waals surface area contributed by atoms with Gasteiger partial charge in [0.15, 0.2) is 0 Å². The summed E-state index contributed by atoms with van der Waals surface area (Å²) < 4.78 is 0.